The molecular weight excluding hydrogens is 462 g/mol. The van der Waals surface area contributed by atoms with Gasteiger partial charge in [-0.15, -0.1) is 0 Å². The molecule has 2 aromatic carbocycles. The standard InChI is InChI=1S/C30H41N3O3.CH4.2H2/c1-3-4-5-11-17-32(2)29(34)16-18-33-21-24-19-26(20-25(24)22-33)36-30(35)31-28-15-10-9-14-27(28)23-12-7-6-8-13-23;;;/h6-10,12-15,24-26H,3-5,11,16-22H2,1-2H3,(H,31,35);1H4;2*1H. The lowest BCUT2D eigenvalue weighted by molar-refractivity contribution is -0.130. The van der Waals surface area contributed by atoms with E-state index in [2.05, 4.69) is 17.1 Å². The summed E-state index contributed by atoms with van der Waals surface area (Å²) in [6.07, 6.45) is 6.73. The quantitative estimate of drug-likeness (QED) is 0.325. The molecule has 2 aromatic rings. The average molecular weight is 512 g/mol. The molecule has 6 heteroatoms. The monoisotopic (exact) mass is 511 g/mol. The lowest BCUT2D eigenvalue weighted by Crippen LogP contribution is -2.32. The highest BCUT2D eigenvalue weighted by Gasteiger charge is 2.42. The molecular formula is C31H49N3O3. The zero-order valence-corrected chi connectivity index (χ0v) is 21.8. The van der Waals surface area contributed by atoms with Crippen molar-refractivity contribution in [1.82, 2.24) is 9.80 Å². The summed E-state index contributed by atoms with van der Waals surface area (Å²) in [5, 5.41) is 2.96. The number of nitrogens with zero attached hydrogens (tertiary/aromatic N) is 2. The molecule has 2 fully saturated rings. The van der Waals surface area contributed by atoms with Crippen LogP contribution in [0.1, 0.15) is 62.1 Å². The number of para-hydroxylation sites is 1. The summed E-state index contributed by atoms with van der Waals surface area (Å²) in [7, 11) is 1.93. The number of ether oxygens (including phenoxy) is 1. The Hall–Kier alpha value is -2.86. The highest BCUT2D eigenvalue weighted by Crippen LogP contribution is 2.39. The summed E-state index contributed by atoms with van der Waals surface area (Å²) < 4.78 is 5.83. The number of anilines is 1. The molecule has 2 aliphatic rings. The van der Waals surface area contributed by atoms with Gasteiger partial charge in [-0.05, 0) is 42.7 Å². The number of likely N-dealkylation sites (tertiary alicyclic amines) is 1. The summed E-state index contributed by atoms with van der Waals surface area (Å²) in [5.74, 6) is 1.33. The van der Waals surface area contributed by atoms with Crippen LogP contribution in [0.4, 0.5) is 10.5 Å². The molecule has 1 saturated carbocycles. The van der Waals surface area contributed by atoms with E-state index in [1.54, 1.807) is 0 Å². The summed E-state index contributed by atoms with van der Waals surface area (Å²) in [5.41, 5.74) is 2.80. The SMILES string of the molecule is C.CCCCCCN(C)C(=O)CCN1CC2CC(OC(=O)Nc3ccccc3-c3ccccc3)CC2C1.[HH].[HH]. The normalized spacial score (nSPS) is 20.6. The van der Waals surface area contributed by atoms with Gasteiger partial charge >= 0.3 is 6.09 Å². The second kappa shape index (κ2) is 14.2. The predicted molar refractivity (Wildman–Crippen MR) is 156 cm³/mol. The van der Waals surface area contributed by atoms with Crippen LogP contribution in [0.5, 0.6) is 0 Å². The van der Waals surface area contributed by atoms with Crippen molar-refractivity contribution in [3.63, 3.8) is 0 Å². The molecule has 6 nitrogen and oxygen atoms in total. The number of hydrogen-bond donors (Lipinski definition) is 1. The predicted octanol–water partition coefficient (Wildman–Crippen LogP) is 7.17. The van der Waals surface area contributed by atoms with Gasteiger partial charge in [-0.2, -0.15) is 0 Å². The Balaban J connectivity index is 0.00000253. The molecule has 0 aromatic heterocycles. The van der Waals surface area contributed by atoms with Crippen molar-refractivity contribution < 1.29 is 17.2 Å². The zero-order chi connectivity index (χ0) is 25.3. The van der Waals surface area contributed by atoms with Gasteiger partial charge in [0.2, 0.25) is 5.91 Å². The average Bonchev–Trinajstić information content (AvgIpc) is 3.44. The number of amides is 2. The third kappa shape index (κ3) is 8.06. The maximum atomic E-state index is 12.7. The minimum atomic E-state index is -0.382. The zero-order valence-electron chi connectivity index (χ0n) is 21.8. The molecule has 2 atom stereocenters. The molecule has 4 rings (SSSR count). The number of rotatable bonds is 11. The molecule has 0 spiro atoms. The smallest absolute Gasteiger partial charge is 0.411 e. The molecule has 1 aliphatic heterocycles. The van der Waals surface area contributed by atoms with E-state index in [1.165, 1.54) is 19.3 Å². The van der Waals surface area contributed by atoms with Gasteiger partial charge in [0, 0.05) is 48.1 Å². The highest BCUT2D eigenvalue weighted by molar-refractivity contribution is 5.91. The number of hydrogen-bond acceptors (Lipinski definition) is 4. The number of benzene rings is 2. The van der Waals surface area contributed by atoms with Crippen LogP contribution in [0.25, 0.3) is 11.1 Å². The van der Waals surface area contributed by atoms with Crippen molar-refractivity contribution in [3.05, 3.63) is 54.6 Å². The lowest BCUT2D eigenvalue weighted by atomic mass is 10.0. The number of unbranched alkanes of at least 4 members (excludes halogenated alkanes) is 3. The molecule has 1 aliphatic carbocycles. The van der Waals surface area contributed by atoms with Gasteiger partial charge < -0.3 is 14.5 Å². The van der Waals surface area contributed by atoms with E-state index < -0.39 is 0 Å². The number of fused-ring (bicyclic) bond motifs is 1. The first-order valence-corrected chi connectivity index (χ1v) is 13.6. The molecule has 1 heterocycles. The van der Waals surface area contributed by atoms with Crippen molar-refractivity contribution >= 4 is 17.7 Å². The number of carbonyl (C=O) groups is 2. The summed E-state index contributed by atoms with van der Waals surface area (Å²) in [6, 6.07) is 17.9. The summed E-state index contributed by atoms with van der Waals surface area (Å²) >= 11 is 0. The first-order valence-electron chi connectivity index (χ1n) is 13.6. The third-order valence-electron chi connectivity index (χ3n) is 7.72. The van der Waals surface area contributed by atoms with Crippen LogP contribution < -0.4 is 5.32 Å². The first kappa shape index (κ1) is 28.7. The molecule has 206 valence electrons. The van der Waals surface area contributed by atoms with Crippen molar-refractivity contribution in [2.75, 3.05) is 38.5 Å². The van der Waals surface area contributed by atoms with E-state index in [4.69, 9.17) is 4.74 Å². The van der Waals surface area contributed by atoms with E-state index in [9.17, 15) is 9.59 Å². The fourth-order valence-electron chi connectivity index (χ4n) is 5.72. The number of carbonyl (C=O) groups excluding carboxylic acids is 2. The van der Waals surface area contributed by atoms with E-state index in [1.807, 2.05) is 66.5 Å². The van der Waals surface area contributed by atoms with Crippen molar-refractivity contribution in [3.8, 4) is 11.1 Å². The Morgan fingerprint density at radius 3 is 2.38 bits per heavy atom. The number of nitrogens with one attached hydrogen (secondary N) is 1. The Labute approximate surface area is 226 Å². The van der Waals surface area contributed by atoms with E-state index in [0.29, 0.717) is 18.3 Å². The molecule has 2 unspecified atom stereocenters. The van der Waals surface area contributed by atoms with Crippen LogP contribution in [0.2, 0.25) is 0 Å². The largest absolute Gasteiger partial charge is 0.446 e. The van der Waals surface area contributed by atoms with Crippen LogP contribution >= 0.6 is 0 Å². The van der Waals surface area contributed by atoms with Crippen LogP contribution in [-0.2, 0) is 9.53 Å². The minimum absolute atomic E-state index is 0. The Morgan fingerprint density at radius 2 is 1.68 bits per heavy atom. The molecule has 0 bridgehead atoms. The summed E-state index contributed by atoms with van der Waals surface area (Å²) in [4.78, 5) is 29.5. The Morgan fingerprint density at radius 1 is 1.00 bits per heavy atom. The summed E-state index contributed by atoms with van der Waals surface area (Å²) in [6.45, 7) is 5.89. The fourth-order valence-corrected chi connectivity index (χ4v) is 5.72. The second-order valence-corrected chi connectivity index (χ2v) is 10.4. The van der Waals surface area contributed by atoms with Gasteiger partial charge in [-0.25, -0.2) is 4.79 Å². The van der Waals surface area contributed by atoms with Crippen molar-refractivity contribution in [2.24, 2.45) is 11.8 Å². The molecule has 0 radical (unpaired) electrons. The fraction of sp³-hybridized carbons (Fsp3) is 0.548. The van der Waals surface area contributed by atoms with Gasteiger partial charge in [0.05, 0.1) is 5.69 Å². The topological polar surface area (TPSA) is 61.9 Å². The van der Waals surface area contributed by atoms with Gasteiger partial charge in [0.15, 0.2) is 0 Å². The third-order valence-corrected chi connectivity index (χ3v) is 7.72. The molecule has 37 heavy (non-hydrogen) atoms. The Kier molecular flexibility index (Phi) is 11.0. The van der Waals surface area contributed by atoms with Crippen LogP contribution in [-0.4, -0.2) is 61.1 Å². The van der Waals surface area contributed by atoms with Crippen molar-refractivity contribution in [1.29, 1.82) is 0 Å². The van der Waals surface area contributed by atoms with E-state index >= 15 is 0 Å². The van der Waals surface area contributed by atoms with Gasteiger partial charge in [0.1, 0.15) is 6.10 Å². The van der Waals surface area contributed by atoms with Crippen LogP contribution in [0, 0.1) is 11.8 Å². The maximum absolute atomic E-state index is 12.7. The van der Waals surface area contributed by atoms with Crippen LogP contribution in [0.3, 0.4) is 0 Å². The molecule has 2 amide bonds. The molecule has 1 saturated heterocycles. The van der Waals surface area contributed by atoms with E-state index in [0.717, 1.165) is 62.3 Å². The minimum Gasteiger partial charge on any atom is -0.446 e. The van der Waals surface area contributed by atoms with Gasteiger partial charge in [-0.3, -0.25) is 10.1 Å². The van der Waals surface area contributed by atoms with Crippen molar-refractivity contribution in [2.45, 2.75) is 65.4 Å². The van der Waals surface area contributed by atoms with Gasteiger partial charge in [0.25, 0.3) is 0 Å². The highest BCUT2D eigenvalue weighted by atomic mass is 16.6. The Bertz CT molecular complexity index is 994. The molecule has 1 N–H and O–H groups in total. The lowest BCUT2D eigenvalue weighted by Gasteiger charge is -2.21. The first-order chi connectivity index (χ1) is 17.5. The van der Waals surface area contributed by atoms with Gasteiger partial charge in [-0.1, -0.05) is 82.1 Å². The second-order valence-electron chi connectivity index (χ2n) is 10.4. The maximum Gasteiger partial charge on any atom is 0.411 e. The van der Waals surface area contributed by atoms with Crippen LogP contribution in [0.15, 0.2) is 54.6 Å². The van der Waals surface area contributed by atoms with E-state index in [-0.39, 0.29) is 28.4 Å².